The van der Waals surface area contributed by atoms with E-state index in [1.165, 1.54) is 0 Å². The highest BCUT2D eigenvalue weighted by atomic mass is 79.9. The van der Waals surface area contributed by atoms with Crippen LogP contribution in [0.15, 0.2) is 40.9 Å². The lowest BCUT2D eigenvalue weighted by Crippen LogP contribution is -2.08. The molecule has 4 nitrogen and oxygen atoms in total. The Hall–Kier alpha value is -1.75. The first-order valence-electron chi connectivity index (χ1n) is 6.47. The zero-order valence-corrected chi connectivity index (χ0v) is 13.1. The van der Waals surface area contributed by atoms with Gasteiger partial charge in [0.05, 0.1) is 18.0 Å². The summed E-state index contributed by atoms with van der Waals surface area (Å²) >= 11 is 3.49. The number of nitrogens with one attached hydrogen (secondary N) is 1. The summed E-state index contributed by atoms with van der Waals surface area (Å²) in [6.07, 6.45) is 0. The van der Waals surface area contributed by atoms with Crippen LogP contribution in [0.4, 0.5) is 17.2 Å². The van der Waals surface area contributed by atoms with Gasteiger partial charge in [0, 0.05) is 4.47 Å². The molecule has 2 rings (SSSR count). The molecule has 0 amide bonds. The number of rotatable bonds is 5. The molecule has 0 saturated carbocycles. The first kappa shape index (κ1) is 14.7. The second kappa shape index (κ2) is 6.61. The Morgan fingerprint density at radius 1 is 1.25 bits per heavy atom. The predicted octanol–water partition coefficient (Wildman–Crippen LogP) is 4.20. The van der Waals surface area contributed by atoms with Gasteiger partial charge in [0.1, 0.15) is 5.82 Å². The maximum atomic E-state index is 5.87. The van der Waals surface area contributed by atoms with Gasteiger partial charge in [0.15, 0.2) is 0 Å². The summed E-state index contributed by atoms with van der Waals surface area (Å²) in [4.78, 5) is 4.40. The molecule has 0 fully saturated rings. The summed E-state index contributed by atoms with van der Waals surface area (Å²) in [5, 5.41) is 3.23. The Balaban J connectivity index is 2.17. The molecule has 2 aromatic rings. The van der Waals surface area contributed by atoms with Crippen LogP contribution >= 0.6 is 15.9 Å². The van der Waals surface area contributed by atoms with Gasteiger partial charge in [0.25, 0.3) is 0 Å². The number of hydrogen-bond acceptors (Lipinski definition) is 4. The van der Waals surface area contributed by atoms with Gasteiger partial charge in [-0.15, -0.1) is 0 Å². The maximum absolute atomic E-state index is 5.87. The molecule has 5 heteroatoms. The maximum Gasteiger partial charge on any atom is 0.239 e. The summed E-state index contributed by atoms with van der Waals surface area (Å²) in [6, 6.07) is 11.5. The van der Waals surface area contributed by atoms with Gasteiger partial charge in [-0.2, -0.15) is 4.98 Å². The van der Waals surface area contributed by atoms with E-state index in [1.54, 1.807) is 6.07 Å². The van der Waals surface area contributed by atoms with Crippen LogP contribution in [0, 0.1) is 5.92 Å². The van der Waals surface area contributed by atoms with Crippen molar-refractivity contribution in [3.8, 4) is 5.88 Å². The van der Waals surface area contributed by atoms with Crippen LogP contribution in [-0.4, -0.2) is 11.6 Å². The number of nitrogens with zero attached hydrogens (tertiary/aromatic N) is 1. The van der Waals surface area contributed by atoms with Crippen molar-refractivity contribution < 1.29 is 4.74 Å². The number of pyridine rings is 1. The lowest BCUT2D eigenvalue weighted by molar-refractivity contribution is 0.263. The van der Waals surface area contributed by atoms with Crippen LogP contribution in [0.5, 0.6) is 5.88 Å². The number of halogens is 1. The van der Waals surface area contributed by atoms with Crippen molar-refractivity contribution in [3.63, 3.8) is 0 Å². The topological polar surface area (TPSA) is 60.2 Å². The van der Waals surface area contributed by atoms with Crippen LogP contribution in [-0.2, 0) is 0 Å². The molecule has 3 N–H and O–H groups in total. The van der Waals surface area contributed by atoms with E-state index < -0.39 is 0 Å². The molecule has 0 unspecified atom stereocenters. The molecule has 20 heavy (non-hydrogen) atoms. The molecule has 1 heterocycles. The molecular weight excluding hydrogens is 318 g/mol. The highest BCUT2D eigenvalue weighted by Gasteiger charge is 2.07. The van der Waals surface area contributed by atoms with E-state index in [2.05, 4.69) is 40.1 Å². The highest BCUT2D eigenvalue weighted by Crippen LogP contribution is 2.27. The van der Waals surface area contributed by atoms with Gasteiger partial charge < -0.3 is 15.8 Å². The molecule has 1 aromatic carbocycles. The third-order valence-corrected chi connectivity index (χ3v) is 3.27. The summed E-state index contributed by atoms with van der Waals surface area (Å²) in [7, 11) is 0. The van der Waals surface area contributed by atoms with Crippen LogP contribution in [0.2, 0.25) is 0 Å². The van der Waals surface area contributed by atoms with Crippen molar-refractivity contribution in [2.24, 2.45) is 5.92 Å². The Kier molecular flexibility index (Phi) is 4.84. The van der Waals surface area contributed by atoms with E-state index in [1.807, 2.05) is 30.3 Å². The fourth-order valence-electron chi connectivity index (χ4n) is 1.58. The fourth-order valence-corrected chi connectivity index (χ4v) is 1.97. The molecule has 0 radical (unpaired) electrons. The van der Waals surface area contributed by atoms with Crippen LogP contribution in [0.1, 0.15) is 13.8 Å². The van der Waals surface area contributed by atoms with Crippen molar-refractivity contribution >= 4 is 33.1 Å². The van der Waals surface area contributed by atoms with Crippen molar-refractivity contribution in [2.45, 2.75) is 13.8 Å². The first-order valence-corrected chi connectivity index (χ1v) is 7.26. The van der Waals surface area contributed by atoms with E-state index in [4.69, 9.17) is 10.5 Å². The smallest absolute Gasteiger partial charge is 0.239 e. The lowest BCUT2D eigenvalue weighted by atomic mass is 10.2. The molecule has 106 valence electrons. The number of benzene rings is 1. The van der Waals surface area contributed by atoms with Crippen molar-refractivity contribution in [1.82, 2.24) is 4.98 Å². The molecule has 0 spiro atoms. The number of hydrogen-bond donors (Lipinski definition) is 2. The van der Waals surface area contributed by atoms with Crippen molar-refractivity contribution in [1.29, 1.82) is 0 Å². The monoisotopic (exact) mass is 335 g/mol. The van der Waals surface area contributed by atoms with Gasteiger partial charge >= 0.3 is 0 Å². The Labute approximate surface area is 127 Å². The van der Waals surface area contributed by atoms with Crippen molar-refractivity contribution in [3.05, 3.63) is 40.9 Å². The minimum Gasteiger partial charge on any atom is -0.476 e. The highest BCUT2D eigenvalue weighted by molar-refractivity contribution is 9.10. The quantitative estimate of drug-likeness (QED) is 0.859. The van der Waals surface area contributed by atoms with Crippen LogP contribution < -0.4 is 15.8 Å². The Bertz CT molecular complexity index is 587. The number of nitrogen functional groups attached to an aromatic ring is 1. The Morgan fingerprint density at radius 2 is 2.00 bits per heavy atom. The molecule has 0 aliphatic carbocycles. The van der Waals surface area contributed by atoms with Gasteiger partial charge in [-0.25, -0.2) is 0 Å². The van der Waals surface area contributed by atoms with Gasteiger partial charge in [0.2, 0.25) is 5.88 Å². The van der Waals surface area contributed by atoms with Gasteiger partial charge in [-0.05, 0) is 46.1 Å². The summed E-state index contributed by atoms with van der Waals surface area (Å²) in [6.45, 7) is 4.76. The normalized spacial score (nSPS) is 10.6. The molecule has 0 aliphatic heterocycles. The fraction of sp³-hybridized carbons (Fsp3) is 0.267. The predicted molar refractivity (Wildman–Crippen MR) is 86.4 cm³/mol. The summed E-state index contributed by atoms with van der Waals surface area (Å²) < 4.78 is 6.59. The van der Waals surface area contributed by atoms with Gasteiger partial charge in [-0.1, -0.05) is 26.0 Å². The third kappa shape index (κ3) is 3.87. The zero-order valence-electron chi connectivity index (χ0n) is 11.6. The zero-order chi connectivity index (χ0) is 14.5. The SMILES string of the molecule is CC(C)COc1nc(Nc2ccccc2Br)ccc1N. The summed E-state index contributed by atoms with van der Waals surface area (Å²) in [5.41, 5.74) is 7.36. The van der Waals surface area contributed by atoms with E-state index >= 15 is 0 Å². The van der Waals surface area contributed by atoms with Crippen LogP contribution in [0.25, 0.3) is 0 Å². The number of aromatic nitrogens is 1. The van der Waals surface area contributed by atoms with Crippen LogP contribution in [0.3, 0.4) is 0 Å². The van der Waals surface area contributed by atoms with E-state index in [9.17, 15) is 0 Å². The van der Waals surface area contributed by atoms with E-state index in [0.717, 1.165) is 10.2 Å². The third-order valence-electron chi connectivity index (χ3n) is 2.58. The first-order chi connectivity index (χ1) is 9.56. The van der Waals surface area contributed by atoms with E-state index in [0.29, 0.717) is 29.9 Å². The molecule has 1 aromatic heterocycles. The van der Waals surface area contributed by atoms with E-state index in [-0.39, 0.29) is 0 Å². The molecule has 0 saturated heterocycles. The number of anilines is 3. The summed E-state index contributed by atoms with van der Waals surface area (Å²) in [5.74, 6) is 1.59. The van der Waals surface area contributed by atoms with Crippen molar-refractivity contribution in [2.75, 3.05) is 17.7 Å². The minimum absolute atomic E-state index is 0.427. The molecule has 0 atom stereocenters. The molecule has 0 aliphatic rings. The lowest BCUT2D eigenvalue weighted by Gasteiger charge is -2.12. The minimum atomic E-state index is 0.427. The number of nitrogens with two attached hydrogens (primary N) is 1. The second-order valence-corrected chi connectivity index (χ2v) is 5.75. The second-order valence-electron chi connectivity index (χ2n) is 4.90. The standard InChI is InChI=1S/C15H18BrN3O/c1-10(2)9-20-15-12(17)7-8-14(19-15)18-13-6-4-3-5-11(13)16/h3-8,10H,9,17H2,1-2H3,(H,18,19). The Morgan fingerprint density at radius 3 is 2.70 bits per heavy atom. The number of para-hydroxylation sites is 1. The average Bonchev–Trinajstić information content (AvgIpc) is 2.42. The molecule has 0 bridgehead atoms. The largest absolute Gasteiger partial charge is 0.476 e. The molecular formula is C15H18BrN3O. The number of ether oxygens (including phenoxy) is 1. The average molecular weight is 336 g/mol. The van der Waals surface area contributed by atoms with Gasteiger partial charge in [-0.3, -0.25) is 0 Å².